The zero-order chi connectivity index (χ0) is 25.1. The number of allylic oxidation sites excluding steroid dienone is 1. The number of nitrogens with two attached hydrogens (primary N) is 1. The van der Waals surface area contributed by atoms with Crippen LogP contribution in [0.5, 0.6) is 5.75 Å². The van der Waals surface area contributed by atoms with Gasteiger partial charge in [0.1, 0.15) is 34.2 Å². The zero-order valence-corrected chi connectivity index (χ0v) is 19.1. The predicted octanol–water partition coefficient (Wildman–Crippen LogP) is 2.67. The van der Waals surface area contributed by atoms with E-state index in [1.165, 1.54) is 18.0 Å². The van der Waals surface area contributed by atoms with Crippen molar-refractivity contribution in [1.82, 2.24) is 14.1 Å². The second-order valence-electron chi connectivity index (χ2n) is 8.29. The molecule has 35 heavy (non-hydrogen) atoms. The van der Waals surface area contributed by atoms with Crippen LogP contribution in [0.15, 0.2) is 47.5 Å². The number of hydrogen-bond donors (Lipinski definition) is 1. The lowest BCUT2D eigenvalue weighted by Crippen LogP contribution is -2.44. The van der Waals surface area contributed by atoms with Crippen LogP contribution in [0.2, 0.25) is 0 Å². The number of anilines is 1. The number of nitrogens with zero attached hydrogens (tertiary/aromatic N) is 5. The van der Waals surface area contributed by atoms with Crippen LogP contribution in [0.1, 0.15) is 28.8 Å². The standard InChI is InChI=1S/C24H24F2N6O3/c1-35-17-6-2-4-15(10-17)19(33)13-31-14-29-21-18(11-27)23(30-8-3-5-16(28)12-30)32(9-7-20(25)26)22(21)24(31)34/h2,4,6-7,10,14,16H,3,5,8-9,12-13,28H2,1H3. The molecular weight excluding hydrogens is 458 g/mol. The Bertz CT molecular complexity index is 1400. The molecule has 4 rings (SSSR count). The normalized spacial score (nSPS) is 15.6. The Labute approximate surface area is 199 Å². The van der Waals surface area contributed by atoms with Gasteiger partial charge in [-0.15, -0.1) is 0 Å². The lowest BCUT2D eigenvalue weighted by atomic mass is 10.1. The fourth-order valence-corrected chi connectivity index (χ4v) is 4.38. The van der Waals surface area contributed by atoms with Gasteiger partial charge in [-0.25, -0.2) is 4.98 Å². The minimum absolute atomic E-state index is 0.0193. The molecule has 1 aliphatic rings. The highest BCUT2D eigenvalue weighted by Gasteiger charge is 2.28. The number of ether oxygens (including phenoxy) is 1. The van der Waals surface area contributed by atoms with E-state index in [0.717, 1.165) is 17.4 Å². The van der Waals surface area contributed by atoms with Gasteiger partial charge in [0.05, 0.1) is 20.0 Å². The van der Waals surface area contributed by atoms with Crippen LogP contribution < -0.4 is 20.9 Å². The van der Waals surface area contributed by atoms with Crippen molar-refractivity contribution in [3.8, 4) is 11.8 Å². The number of Topliss-reactive ketones (excluding diaryl/α,β-unsaturated/α-hetero) is 1. The molecule has 182 valence electrons. The number of benzene rings is 1. The lowest BCUT2D eigenvalue weighted by Gasteiger charge is -2.33. The second-order valence-corrected chi connectivity index (χ2v) is 8.29. The Hall–Kier alpha value is -4.04. The van der Waals surface area contributed by atoms with Crippen LogP contribution in [-0.2, 0) is 13.1 Å². The van der Waals surface area contributed by atoms with E-state index in [1.807, 2.05) is 4.90 Å². The van der Waals surface area contributed by atoms with Gasteiger partial charge in [-0.2, -0.15) is 14.0 Å². The molecule has 2 N–H and O–H groups in total. The lowest BCUT2D eigenvalue weighted by molar-refractivity contribution is 0.0970. The van der Waals surface area contributed by atoms with Crippen molar-refractivity contribution < 1.29 is 18.3 Å². The maximum absolute atomic E-state index is 13.5. The van der Waals surface area contributed by atoms with Crippen molar-refractivity contribution >= 4 is 22.6 Å². The minimum Gasteiger partial charge on any atom is -0.497 e. The summed E-state index contributed by atoms with van der Waals surface area (Å²) in [6, 6.07) is 8.44. The number of aromatic nitrogens is 3. The fourth-order valence-electron chi connectivity index (χ4n) is 4.38. The van der Waals surface area contributed by atoms with E-state index in [-0.39, 0.29) is 41.5 Å². The summed E-state index contributed by atoms with van der Waals surface area (Å²) in [5.41, 5.74) is 6.04. The Morgan fingerprint density at radius 1 is 1.40 bits per heavy atom. The quantitative estimate of drug-likeness (QED) is 0.514. The van der Waals surface area contributed by atoms with E-state index in [1.54, 1.807) is 24.3 Å². The SMILES string of the molecule is COc1cccc(C(=O)Cn2cnc3c(C#N)c(N4CCCC(N)C4)n(CC=C(F)F)c3c2=O)c1. The van der Waals surface area contributed by atoms with E-state index < -0.39 is 11.6 Å². The number of carbonyl (C=O) groups excluding carboxylic acids is 1. The predicted molar refractivity (Wildman–Crippen MR) is 126 cm³/mol. The highest BCUT2D eigenvalue weighted by atomic mass is 19.3. The molecule has 3 aromatic rings. The fraction of sp³-hybridized carbons (Fsp3) is 0.333. The summed E-state index contributed by atoms with van der Waals surface area (Å²) < 4.78 is 33.7. The molecule has 1 atom stereocenters. The molecule has 1 unspecified atom stereocenters. The van der Waals surface area contributed by atoms with E-state index in [4.69, 9.17) is 10.5 Å². The van der Waals surface area contributed by atoms with Gasteiger partial charge in [0.15, 0.2) is 5.78 Å². The van der Waals surface area contributed by atoms with E-state index >= 15 is 0 Å². The van der Waals surface area contributed by atoms with Gasteiger partial charge in [0, 0.05) is 37.3 Å². The molecule has 0 bridgehead atoms. The van der Waals surface area contributed by atoms with Gasteiger partial charge in [-0.3, -0.25) is 14.2 Å². The molecule has 1 fully saturated rings. The second kappa shape index (κ2) is 10.1. The third kappa shape index (κ3) is 4.79. The Kier molecular flexibility index (Phi) is 6.93. The summed E-state index contributed by atoms with van der Waals surface area (Å²) in [6.07, 6.45) is 1.52. The molecule has 1 aromatic carbocycles. The molecule has 0 aliphatic carbocycles. The molecule has 0 amide bonds. The number of piperidine rings is 1. The highest BCUT2D eigenvalue weighted by molar-refractivity contribution is 5.96. The number of nitriles is 1. The first-order valence-corrected chi connectivity index (χ1v) is 11.0. The van der Waals surface area contributed by atoms with Crippen molar-refractivity contribution in [2.24, 2.45) is 5.73 Å². The van der Waals surface area contributed by atoms with Crippen LogP contribution >= 0.6 is 0 Å². The number of fused-ring (bicyclic) bond motifs is 1. The third-order valence-corrected chi connectivity index (χ3v) is 6.00. The zero-order valence-electron chi connectivity index (χ0n) is 19.1. The summed E-state index contributed by atoms with van der Waals surface area (Å²) in [7, 11) is 1.48. The summed E-state index contributed by atoms with van der Waals surface area (Å²) in [4.78, 5) is 32.5. The van der Waals surface area contributed by atoms with Gasteiger partial charge < -0.3 is 19.9 Å². The van der Waals surface area contributed by atoms with Gasteiger partial charge in [0.25, 0.3) is 11.6 Å². The molecule has 1 aliphatic heterocycles. The maximum atomic E-state index is 13.5. The van der Waals surface area contributed by atoms with Crippen molar-refractivity contribution in [2.75, 3.05) is 25.1 Å². The molecule has 0 spiro atoms. The van der Waals surface area contributed by atoms with Gasteiger partial charge >= 0.3 is 0 Å². The molecule has 9 nitrogen and oxygen atoms in total. The molecule has 2 aromatic heterocycles. The largest absolute Gasteiger partial charge is 0.497 e. The summed E-state index contributed by atoms with van der Waals surface area (Å²) in [5, 5.41) is 9.91. The molecular formula is C24H24F2N6O3. The maximum Gasteiger partial charge on any atom is 0.278 e. The number of halogens is 2. The van der Waals surface area contributed by atoms with Crippen LogP contribution in [0, 0.1) is 11.3 Å². The van der Waals surface area contributed by atoms with Crippen molar-refractivity contribution in [3.63, 3.8) is 0 Å². The van der Waals surface area contributed by atoms with Gasteiger partial charge in [0.2, 0.25) is 0 Å². The molecule has 1 saturated heterocycles. The van der Waals surface area contributed by atoms with Crippen LogP contribution in [0.3, 0.4) is 0 Å². The molecule has 0 radical (unpaired) electrons. The smallest absolute Gasteiger partial charge is 0.278 e. The van der Waals surface area contributed by atoms with Crippen molar-refractivity contribution in [3.05, 3.63) is 64.2 Å². The molecule has 0 saturated carbocycles. The topological polar surface area (TPSA) is 119 Å². The first kappa shape index (κ1) is 24.1. The Balaban J connectivity index is 1.84. The third-order valence-electron chi connectivity index (χ3n) is 6.00. The van der Waals surface area contributed by atoms with Crippen LogP contribution in [0.4, 0.5) is 14.6 Å². The average Bonchev–Trinajstić information content (AvgIpc) is 3.18. The number of hydrogen-bond acceptors (Lipinski definition) is 7. The number of methoxy groups -OCH3 is 1. The molecule has 3 heterocycles. The highest BCUT2D eigenvalue weighted by Crippen LogP contribution is 2.32. The van der Waals surface area contributed by atoms with Crippen LogP contribution in [-0.4, -0.2) is 46.1 Å². The first-order valence-electron chi connectivity index (χ1n) is 11.0. The summed E-state index contributed by atoms with van der Waals surface area (Å²) in [5.74, 6) is 0.466. The van der Waals surface area contributed by atoms with E-state index in [0.29, 0.717) is 36.3 Å². The van der Waals surface area contributed by atoms with Crippen molar-refractivity contribution in [1.29, 1.82) is 5.26 Å². The van der Waals surface area contributed by atoms with E-state index in [2.05, 4.69) is 11.1 Å². The average molecular weight is 482 g/mol. The van der Waals surface area contributed by atoms with Crippen molar-refractivity contribution in [2.45, 2.75) is 32.0 Å². The number of rotatable bonds is 7. The molecule has 11 heteroatoms. The number of carbonyl (C=O) groups is 1. The number of ketones is 1. The minimum atomic E-state index is -1.91. The van der Waals surface area contributed by atoms with Crippen LogP contribution in [0.25, 0.3) is 11.0 Å². The Morgan fingerprint density at radius 3 is 2.89 bits per heavy atom. The van der Waals surface area contributed by atoms with Gasteiger partial charge in [-0.1, -0.05) is 12.1 Å². The summed E-state index contributed by atoms with van der Waals surface area (Å²) in [6.45, 7) is 0.309. The first-order chi connectivity index (χ1) is 16.8. The van der Waals surface area contributed by atoms with Gasteiger partial charge in [-0.05, 0) is 25.0 Å². The monoisotopic (exact) mass is 482 g/mol. The summed E-state index contributed by atoms with van der Waals surface area (Å²) >= 11 is 0. The Morgan fingerprint density at radius 2 is 2.20 bits per heavy atom. The van der Waals surface area contributed by atoms with E-state index in [9.17, 15) is 23.6 Å².